The minimum absolute atomic E-state index is 0.0898. The zero-order valence-electron chi connectivity index (χ0n) is 22.0. The molecule has 1 saturated heterocycles. The lowest BCUT2D eigenvalue weighted by Gasteiger charge is -2.35. The second-order valence-electron chi connectivity index (χ2n) is 10.2. The van der Waals surface area contributed by atoms with Crippen molar-refractivity contribution in [1.82, 2.24) is 5.32 Å². The molecule has 2 fully saturated rings. The number of methoxy groups -OCH3 is 2. The van der Waals surface area contributed by atoms with E-state index in [9.17, 15) is 9.59 Å². The van der Waals surface area contributed by atoms with Crippen LogP contribution in [0.2, 0.25) is 0 Å². The van der Waals surface area contributed by atoms with E-state index in [-0.39, 0.29) is 17.9 Å². The van der Waals surface area contributed by atoms with Gasteiger partial charge >= 0.3 is 0 Å². The normalized spacial score (nSPS) is 15.6. The van der Waals surface area contributed by atoms with Crippen LogP contribution in [0.15, 0.2) is 66.7 Å². The summed E-state index contributed by atoms with van der Waals surface area (Å²) in [6.07, 6.45) is 5.27. The molecular weight excluding hydrogens is 478 g/mol. The van der Waals surface area contributed by atoms with Crippen molar-refractivity contribution in [3.63, 3.8) is 0 Å². The maximum atomic E-state index is 13.3. The lowest BCUT2D eigenvalue weighted by molar-refractivity contribution is 0.0950. The van der Waals surface area contributed by atoms with Crippen LogP contribution in [0, 0.1) is 5.92 Å². The molecule has 0 radical (unpaired) electrons. The van der Waals surface area contributed by atoms with Crippen LogP contribution in [0.1, 0.15) is 52.0 Å². The van der Waals surface area contributed by atoms with Crippen LogP contribution in [0.5, 0.6) is 11.5 Å². The number of carbonyl (C=O) groups excluding carboxylic acids is 2. The standard InChI is InChI=1S/C31H35N3O4/c1-37-26-17-23(18-27(20-26)38-2)30(35)33-25-10-11-29(28(19-25)31(36)32-24-8-9-24)34-14-12-22(13-15-34)16-21-6-4-3-5-7-21/h3-7,10-11,17-20,22,24H,8-9,12-16H2,1-2H3,(H,32,36)(H,33,35). The van der Waals surface area contributed by atoms with Gasteiger partial charge in [0, 0.05) is 42.1 Å². The van der Waals surface area contributed by atoms with Crippen molar-refractivity contribution in [2.45, 2.75) is 38.1 Å². The van der Waals surface area contributed by atoms with Gasteiger partial charge < -0.3 is 25.0 Å². The SMILES string of the molecule is COc1cc(OC)cc(C(=O)Nc2ccc(N3CCC(Cc4ccccc4)CC3)c(C(=O)NC3CC3)c2)c1. The number of rotatable bonds is 9. The van der Waals surface area contributed by atoms with Crippen LogP contribution in [-0.2, 0) is 6.42 Å². The summed E-state index contributed by atoms with van der Waals surface area (Å²) in [6.45, 7) is 1.80. The van der Waals surface area contributed by atoms with E-state index in [2.05, 4.69) is 45.9 Å². The molecule has 2 aliphatic rings. The smallest absolute Gasteiger partial charge is 0.255 e. The number of hydrogen-bond acceptors (Lipinski definition) is 5. The molecule has 0 spiro atoms. The highest BCUT2D eigenvalue weighted by Crippen LogP contribution is 2.31. The fraction of sp³-hybridized carbons (Fsp3) is 0.355. The van der Waals surface area contributed by atoms with Crippen LogP contribution in [0.25, 0.3) is 0 Å². The monoisotopic (exact) mass is 513 g/mol. The molecule has 1 heterocycles. The summed E-state index contributed by atoms with van der Waals surface area (Å²) in [5.41, 5.74) is 3.88. The molecular formula is C31H35N3O4. The average molecular weight is 514 g/mol. The number of piperidine rings is 1. The van der Waals surface area contributed by atoms with Crippen molar-refractivity contribution in [3.8, 4) is 11.5 Å². The molecule has 2 amide bonds. The van der Waals surface area contributed by atoms with Crippen molar-refractivity contribution in [2.24, 2.45) is 5.92 Å². The molecule has 0 unspecified atom stereocenters. The lowest BCUT2D eigenvalue weighted by atomic mass is 9.89. The van der Waals surface area contributed by atoms with Gasteiger partial charge in [0.2, 0.25) is 0 Å². The van der Waals surface area contributed by atoms with E-state index in [0.717, 1.165) is 50.9 Å². The van der Waals surface area contributed by atoms with Crippen molar-refractivity contribution in [3.05, 3.63) is 83.4 Å². The Labute approximate surface area is 224 Å². The number of ether oxygens (including phenoxy) is 2. The molecule has 7 nitrogen and oxygen atoms in total. The van der Waals surface area contributed by atoms with Gasteiger partial charge in [-0.25, -0.2) is 0 Å². The second kappa shape index (κ2) is 11.6. The third-order valence-corrected chi connectivity index (χ3v) is 7.35. The van der Waals surface area contributed by atoms with Crippen molar-refractivity contribution >= 4 is 23.2 Å². The Hall–Kier alpha value is -4.00. The molecule has 1 aliphatic carbocycles. The summed E-state index contributed by atoms with van der Waals surface area (Å²) in [7, 11) is 3.09. The van der Waals surface area contributed by atoms with Crippen molar-refractivity contribution in [1.29, 1.82) is 0 Å². The summed E-state index contributed by atoms with van der Waals surface area (Å²) >= 11 is 0. The molecule has 2 N–H and O–H groups in total. The summed E-state index contributed by atoms with van der Waals surface area (Å²) in [6, 6.07) is 21.5. The van der Waals surface area contributed by atoms with Gasteiger partial charge in [-0.05, 0) is 73.9 Å². The molecule has 7 heteroatoms. The first-order valence-electron chi connectivity index (χ1n) is 13.3. The molecule has 3 aromatic carbocycles. The third kappa shape index (κ3) is 6.28. The number of nitrogens with zero attached hydrogens (tertiary/aromatic N) is 1. The molecule has 38 heavy (non-hydrogen) atoms. The molecule has 0 atom stereocenters. The number of nitrogens with one attached hydrogen (secondary N) is 2. The summed E-state index contributed by atoms with van der Waals surface area (Å²) in [5.74, 6) is 1.31. The Morgan fingerprint density at radius 2 is 1.53 bits per heavy atom. The first kappa shape index (κ1) is 25.6. The second-order valence-corrected chi connectivity index (χ2v) is 10.2. The third-order valence-electron chi connectivity index (χ3n) is 7.35. The number of carbonyl (C=O) groups is 2. The number of anilines is 2. The van der Waals surface area contributed by atoms with E-state index < -0.39 is 0 Å². The van der Waals surface area contributed by atoms with Crippen LogP contribution in [0.3, 0.4) is 0 Å². The largest absolute Gasteiger partial charge is 0.497 e. The van der Waals surface area contributed by atoms with Crippen LogP contribution in [-0.4, -0.2) is 45.2 Å². The van der Waals surface area contributed by atoms with Crippen molar-refractivity contribution in [2.75, 3.05) is 37.5 Å². The van der Waals surface area contributed by atoms with E-state index in [0.29, 0.717) is 34.2 Å². The first-order valence-corrected chi connectivity index (χ1v) is 13.3. The maximum absolute atomic E-state index is 13.3. The summed E-state index contributed by atoms with van der Waals surface area (Å²) in [4.78, 5) is 28.6. The fourth-order valence-corrected chi connectivity index (χ4v) is 5.03. The van der Waals surface area contributed by atoms with Gasteiger partial charge in [0.05, 0.1) is 19.8 Å². The summed E-state index contributed by atoms with van der Waals surface area (Å²) < 4.78 is 10.6. The Bertz CT molecular complexity index is 1260. The zero-order valence-corrected chi connectivity index (χ0v) is 22.0. The van der Waals surface area contributed by atoms with E-state index in [4.69, 9.17) is 9.47 Å². The number of amides is 2. The molecule has 5 rings (SSSR count). The van der Waals surface area contributed by atoms with Crippen molar-refractivity contribution < 1.29 is 19.1 Å². The Morgan fingerprint density at radius 1 is 0.842 bits per heavy atom. The minimum atomic E-state index is -0.301. The molecule has 3 aromatic rings. The summed E-state index contributed by atoms with van der Waals surface area (Å²) in [5, 5.41) is 6.06. The molecule has 0 bridgehead atoms. The van der Waals surface area contributed by atoms with Gasteiger partial charge in [0.1, 0.15) is 11.5 Å². The van der Waals surface area contributed by atoms with E-state index >= 15 is 0 Å². The van der Waals surface area contributed by atoms with Gasteiger partial charge in [-0.3, -0.25) is 9.59 Å². The molecule has 198 valence electrons. The predicted molar refractivity (Wildman–Crippen MR) is 150 cm³/mol. The van der Waals surface area contributed by atoms with E-state index in [1.807, 2.05) is 12.1 Å². The highest BCUT2D eigenvalue weighted by atomic mass is 16.5. The van der Waals surface area contributed by atoms with Crippen LogP contribution >= 0.6 is 0 Å². The number of hydrogen-bond donors (Lipinski definition) is 2. The quantitative estimate of drug-likeness (QED) is 0.406. The van der Waals surface area contributed by atoms with Gasteiger partial charge in [-0.2, -0.15) is 0 Å². The lowest BCUT2D eigenvalue weighted by Crippen LogP contribution is -2.36. The molecule has 0 aromatic heterocycles. The predicted octanol–water partition coefficient (Wildman–Crippen LogP) is 5.31. The maximum Gasteiger partial charge on any atom is 0.255 e. The highest BCUT2D eigenvalue weighted by molar-refractivity contribution is 6.07. The Kier molecular flexibility index (Phi) is 7.82. The highest BCUT2D eigenvalue weighted by Gasteiger charge is 2.28. The molecule has 1 aliphatic heterocycles. The van der Waals surface area contributed by atoms with Crippen LogP contribution in [0.4, 0.5) is 11.4 Å². The number of benzene rings is 3. The zero-order chi connectivity index (χ0) is 26.5. The van der Waals surface area contributed by atoms with E-state index in [1.165, 1.54) is 5.56 Å². The topological polar surface area (TPSA) is 79.9 Å². The average Bonchev–Trinajstić information content (AvgIpc) is 3.77. The van der Waals surface area contributed by atoms with Gasteiger partial charge in [0.25, 0.3) is 11.8 Å². The van der Waals surface area contributed by atoms with Gasteiger partial charge in [-0.1, -0.05) is 30.3 Å². The minimum Gasteiger partial charge on any atom is -0.497 e. The van der Waals surface area contributed by atoms with E-state index in [1.54, 1.807) is 38.5 Å². The molecule has 1 saturated carbocycles. The first-order chi connectivity index (χ1) is 18.5. The van der Waals surface area contributed by atoms with Gasteiger partial charge in [-0.15, -0.1) is 0 Å². The fourth-order valence-electron chi connectivity index (χ4n) is 5.03. The van der Waals surface area contributed by atoms with Crippen LogP contribution < -0.4 is 25.0 Å². The Morgan fingerprint density at radius 3 is 2.16 bits per heavy atom. The Balaban J connectivity index is 1.32. The van der Waals surface area contributed by atoms with Gasteiger partial charge in [0.15, 0.2) is 0 Å².